The van der Waals surface area contributed by atoms with Crippen molar-refractivity contribution in [3.63, 3.8) is 0 Å². The highest BCUT2D eigenvalue weighted by atomic mass is 16.5. The molecule has 0 radical (unpaired) electrons. The Labute approximate surface area is 158 Å². The number of carbonyl (C=O) groups excluding carboxylic acids is 1. The molecule has 0 aromatic heterocycles. The number of carbonyl (C=O) groups is 1. The molecule has 0 bridgehead atoms. The van der Waals surface area contributed by atoms with E-state index in [1.807, 2.05) is 55.5 Å². The van der Waals surface area contributed by atoms with E-state index in [4.69, 9.17) is 14.2 Å². The molecule has 0 saturated carbocycles. The van der Waals surface area contributed by atoms with E-state index in [2.05, 4.69) is 5.32 Å². The van der Waals surface area contributed by atoms with Gasteiger partial charge in [0, 0.05) is 5.56 Å². The van der Waals surface area contributed by atoms with Gasteiger partial charge in [0.15, 0.2) is 0 Å². The van der Waals surface area contributed by atoms with Crippen molar-refractivity contribution in [2.45, 2.75) is 6.92 Å². The summed E-state index contributed by atoms with van der Waals surface area (Å²) in [6, 6.07) is 21.6. The Morgan fingerprint density at radius 3 is 2.07 bits per heavy atom. The number of hydrogen-bond acceptors (Lipinski definition) is 4. The predicted molar refractivity (Wildman–Crippen MR) is 105 cm³/mol. The van der Waals surface area contributed by atoms with Crippen LogP contribution in [0.15, 0.2) is 72.8 Å². The van der Waals surface area contributed by atoms with Crippen LogP contribution in [0.3, 0.4) is 0 Å². The van der Waals surface area contributed by atoms with Gasteiger partial charge in [-0.3, -0.25) is 4.79 Å². The van der Waals surface area contributed by atoms with Crippen molar-refractivity contribution < 1.29 is 19.0 Å². The smallest absolute Gasteiger partial charge is 0.255 e. The Balaban J connectivity index is 1.66. The van der Waals surface area contributed by atoms with Crippen LogP contribution >= 0.6 is 0 Å². The molecule has 0 heterocycles. The van der Waals surface area contributed by atoms with E-state index in [0.29, 0.717) is 35.1 Å². The zero-order valence-electron chi connectivity index (χ0n) is 15.3. The molecule has 0 saturated heterocycles. The van der Waals surface area contributed by atoms with Gasteiger partial charge in [0.05, 0.1) is 19.4 Å². The minimum Gasteiger partial charge on any atom is -0.497 e. The maximum atomic E-state index is 12.5. The number of amides is 1. The molecule has 138 valence electrons. The molecule has 27 heavy (non-hydrogen) atoms. The third-order valence-electron chi connectivity index (χ3n) is 3.85. The van der Waals surface area contributed by atoms with Gasteiger partial charge in [-0.2, -0.15) is 0 Å². The molecule has 3 rings (SSSR count). The van der Waals surface area contributed by atoms with E-state index < -0.39 is 0 Å². The predicted octanol–water partition coefficient (Wildman–Crippen LogP) is 5.14. The standard InChI is InChI=1S/C22H21NO4/c1-3-26-21-7-5-4-6-20(21)23-22(24)16-8-10-18(11-9-16)27-19-14-12-17(25-2)13-15-19/h4-15H,3H2,1-2H3,(H,23,24). The maximum absolute atomic E-state index is 12.5. The third-order valence-corrected chi connectivity index (χ3v) is 3.85. The molecule has 0 fully saturated rings. The van der Waals surface area contributed by atoms with Gasteiger partial charge in [-0.25, -0.2) is 0 Å². The molecule has 0 spiro atoms. The molecule has 5 nitrogen and oxygen atoms in total. The number of benzene rings is 3. The number of rotatable bonds is 7. The van der Waals surface area contributed by atoms with Crippen molar-refractivity contribution in [2.75, 3.05) is 19.0 Å². The lowest BCUT2D eigenvalue weighted by Gasteiger charge is -2.11. The topological polar surface area (TPSA) is 56.8 Å². The molecule has 0 aliphatic carbocycles. The Kier molecular flexibility index (Phi) is 5.94. The van der Waals surface area contributed by atoms with Gasteiger partial charge in [-0.15, -0.1) is 0 Å². The van der Waals surface area contributed by atoms with Gasteiger partial charge < -0.3 is 19.5 Å². The molecule has 3 aromatic carbocycles. The first-order valence-electron chi connectivity index (χ1n) is 8.64. The lowest BCUT2D eigenvalue weighted by atomic mass is 10.2. The van der Waals surface area contributed by atoms with E-state index in [0.717, 1.165) is 5.75 Å². The van der Waals surface area contributed by atoms with E-state index >= 15 is 0 Å². The number of para-hydroxylation sites is 2. The second-order valence-electron chi connectivity index (χ2n) is 5.69. The van der Waals surface area contributed by atoms with Crippen molar-refractivity contribution in [1.82, 2.24) is 0 Å². The first-order chi connectivity index (χ1) is 13.2. The summed E-state index contributed by atoms with van der Waals surface area (Å²) in [6.45, 7) is 2.43. The average Bonchev–Trinajstić information content (AvgIpc) is 2.71. The molecule has 0 unspecified atom stereocenters. The summed E-state index contributed by atoms with van der Waals surface area (Å²) in [7, 11) is 1.62. The summed E-state index contributed by atoms with van der Waals surface area (Å²) in [5, 5.41) is 2.87. The first-order valence-corrected chi connectivity index (χ1v) is 8.64. The monoisotopic (exact) mass is 363 g/mol. The van der Waals surface area contributed by atoms with Gasteiger partial charge in [-0.05, 0) is 67.6 Å². The second-order valence-corrected chi connectivity index (χ2v) is 5.69. The lowest BCUT2D eigenvalue weighted by molar-refractivity contribution is 0.102. The summed E-state index contributed by atoms with van der Waals surface area (Å²) < 4.78 is 16.4. The van der Waals surface area contributed by atoms with Crippen LogP contribution in [0.4, 0.5) is 5.69 Å². The van der Waals surface area contributed by atoms with E-state index in [1.54, 1.807) is 31.4 Å². The highest BCUT2D eigenvalue weighted by Gasteiger charge is 2.10. The Hall–Kier alpha value is -3.47. The van der Waals surface area contributed by atoms with Gasteiger partial charge in [0.1, 0.15) is 23.0 Å². The molecule has 3 aromatic rings. The molecule has 5 heteroatoms. The van der Waals surface area contributed by atoms with Crippen LogP contribution in [0.5, 0.6) is 23.0 Å². The van der Waals surface area contributed by atoms with Crippen LogP contribution in [-0.2, 0) is 0 Å². The minimum atomic E-state index is -0.210. The SMILES string of the molecule is CCOc1ccccc1NC(=O)c1ccc(Oc2ccc(OC)cc2)cc1. The largest absolute Gasteiger partial charge is 0.497 e. The fourth-order valence-electron chi connectivity index (χ4n) is 2.50. The van der Waals surface area contributed by atoms with E-state index in [9.17, 15) is 4.79 Å². The highest BCUT2D eigenvalue weighted by Crippen LogP contribution is 2.26. The van der Waals surface area contributed by atoms with Crippen LogP contribution in [0.25, 0.3) is 0 Å². The van der Waals surface area contributed by atoms with E-state index in [-0.39, 0.29) is 5.91 Å². The molecular formula is C22H21NO4. The first kappa shape index (κ1) is 18.3. The van der Waals surface area contributed by atoms with Gasteiger partial charge in [0.25, 0.3) is 5.91 Å². The lowest BCUT2D eigenvalue weighted by Crippen LogP contribution is -2.12. The number of anilines is 1. The number of methoxy groups -OCH3 is 1. The van der Waals surface area contributed by atoms with Crippen molar-refractivity contribution in [3.8, 4) is 23.0 Å². The summed E-state index contributed by atoms with van der Waals surface area (Å²) in [4.78, 5) is 12.5. The third kappa shape index (κ3) is 4.79. The Morgan fingerprint density at radius 2 is 1.44 bits per heavy atom. The fraction of sp³-hybridized carbons (Fsp3) is 0.136. The van der Waals surface area contributed by atoms with Crippen molar-refractivity contribution >= 4 is 11.6 Å². The highest BCUT2D eigenvalue weighted by molar-refractivity contribution is 6.05. The molecule has 0 aliphatic rings. The van der Waals surface area contributed by atoms with Crippen molar-refractivity contribution in [1.29, 1.82) is 0 Å². The second kappa shape index (κ2) is 8.76. The Bertz CT molecular complexity index is 889. The van der Waals surface area contributed by atoms with Crippen LogP contribution in [0.1, 0.15) is 17.3 Å². The van der Waals surface area contributed by atoms with Gasteiger partial charge in [-0.1, -0.05) is 12.1 Å². The molecular weight excluding hydrogens is 342 g/mol. The summed E-state index contributed by atoms with van der Waals surface area (Å²) in [5.41, 5.74) is 1.17. The van der Waals surface area contributed by atoms with Crippen LogP contribution in [0.2, 0.25) is 0 Å². The normalized spacial score (nSPS) is 10.1. The quantitative estimate of drug-likeness (QED) is 0.631. The molecule has 0 atom stereocenters. The van der Waals surface area contributed by atoms with Gasteiger partial charge >= 0.3 is 0 Å². The molecule has 1 N–H and O–H groups in total. The summed E-state index contributed by atoms with van der Waals surface area (Å²) in [5.74, 6) is 2.54. The van der Waals surface area contributed by atoms with Gasteiger partial charge in [0.2, 0.25) is 0 Å². The number of ether oxygens (including phenoxy) is 3. The summed E-state index contributed by atoms with van der Waals surface area (Å²) in [6.07, 6.45) is 0. The molecule has 1 amide bonds. The van der Waals surface area contributed by atoms with Crippen LogP contribution < -0.4 is 19.5 Å². The molecule has 0 aliphatic heterocycles. The number of hydrogen-bond donors (Lipinski definition) is 1. The van der Waals surface area contributed by atoms with Crippen LogP contribution in [-0.4, -0.2) is 19.6 Å². The fourth-order valence-corrected chi connectivity index (χ4v) is 2.50. The maximum Gasteiger partial charge on any atom is 0.255 e. The Morgan fingerprint density at radius 1 is 0.852 bits per heavy atom. The number of nitrogens with one attached hydrogen (secondary N) is 1. The van der Waals surface area contributed by atoms with Crippen LogP contribution in [0, 0.1) is 0 Å². The average molecular weight is 363 g/mol. The van der Waals surface area contributed by atoms with Crippen molar-refractivity contribution in [3.05, 3.63) is 78.4 Å². The summed E-state index contributed by atoms with van der Waals surface area (Å²) >= 11 is 0. The van der Waals surface area contributed by atoms with Crippen molar-refractivity contribution in [2.24, 2.45) is 0 Å². The minimum absolute atomic E-state index is 0.210. The zero-order chi connectivity index (χ0) is 19.1. The zero-order valence-corrected chi connectivity index (χ0v) is 15.3. The van der Waals surface area contributed by atoms with E-state index in [1.165, 1.54) is 0 Å².